The molecule has 1 amide bonds. The van der Waals surface area contributed by atoms with E-state index in [-0.39, 0.29) is 11.8 Å². The highest BCUT2D eigenvalue weighted by molar-refractivity contribution is 6.29. The van der Waals surface area contributed by atoms with E-state index in [0.29, 0.717) is 30.2 Å². The number of fused-ring (bicyclic) bond motifs is 1. The van der Waals surface area contributed by atoms with Crippen molar-refractivity contribution in [3.63, 3.8) is 0 Å². The summed E-state index contributed by atoms with van der Waals surface area (Å²) in [5.74, 6) is 0.206. The van der Waals surface area contributed by atoms with Crippen LogP contribution >= 0.6 is 11.6 Å². The number of nitrogens with zero attached hydrogens (tertiary/aromatic N) is 2. The summed E-state index contributed by atoms with van der Waals surface area (Å²) in [6.45, 7) is 3.10. The zero-order chi connectivity index (χ0) is 15.0. The second kappa shape index (κ2) is 5.58. The fourth-order valence-electron chi connectivity index (χ4n) is 3.69. The number of likely N-dealkylation sites (tertiary alicyclic amines) is 1. The molecule has 3 rings (SSSR count). The third kappa shape index (κ3) is 2.92. The van der Waals surface area contributed by atoms with E-state index in [4.69, 9.17) is 11.6 Å². The highest BCUT2D eigenvalue weighted by Gasteiger charge is 2.43. The van der Waals surface area contributed by atoms with E-state index in [1.165, 1.54) is 0 Å². The van der Waals surface area contributed by atoms with Crippen molar-refractivity contribution in [2.24, 2.45) is 5.92 Å². The fraction of sp³-hybridized carbons (Fsp3) is 0.625. The number of hydrogen-bond donors (Lipinski definition) is 1. The van der Waals surface area contributed by atoms with Crippen molar-refractivity contribution in [3.05, 3.63) is 28.5 Å². The second-order valence-corrected chi connectivity index (χ2v) is 6.75. The first-order valence-corrected chi connectivity index (χ1v) is 8.01. The number of amides is 1. The Kier molecular flexibility index (Phi) is 3.93. The molecule has 1 saturated carbocycles. The van der Waals surface area contributed by atoms with Gasteiger partial charge in [0.15, 0.2) is 0 Å². The number of aliphatic hydroxyl groups is 1. The Bertz CT molecular complexity index is 543. The van der Waals surface area contributed by atoms with E-state index < -0.39 is 5.60 Å². The molecule has 1 aliphatic carbocycles. The van der Waals surface area contributed by atoms with Gasteiger partial charge in [0.1, 0.15) is 5.15 Å². The number of piperidine rings is 1. The molecule has 2 unspecified atom stereocenters. The number of hydrogen-bond acceptors (Lipinski definition) is 3. The number of carbonyl (C=O) groups is 1. The van der Waals surface area contributed by atoms with E-state index in [9.17, 15) is 9.90 Å². The van der Waals surface area contributed by atoms with Gasteiger partial charge in [-0.3, -0.25) is 4.79 Å². The summed E-state index contributed by atoms with van der Waals surface area (Å²) in [5.41, 5.74) is 0.784. The Morgan fingerprint density at radius 2 is 2.24 bits per heavy atom. The molecule has 1 saturated heterocycles. The molecular weight excluding hydrogens is 288 g/mol. The number of pyridine rings is 1. The van der Waals surface area contributed by atoms with Crippen LogP contribution in [0.3, 0.4) is 0 Å². The minimum Gasteiger partial charge on any atom is -0.389 e. The van der Waals surface area contributed by atoms with Crippen LogP contribution in [0.2, 0.25) is 5.15 Å². The average Bonchev–Trinajstić information content (AvgIpc) is 2.44. The van der Waals surface area contributed by atoms with Crippen LogP contribution in [0.25, 0.3) is 0 Å². The molecule has 114 valence electrons. The molecule has 2 fully saturated rings. The van der Waals surface area contributed by atoms with Crippen LogP contribution in [0.4, 0.5) is 0 Å². The number of aromatic nitrogens is 1. The first-order valence-electron chi connectivity index (χ1n) is 7.64. The van der Waals surface area contributed by atoms with Gasteiger partial charge >= 0.3 is 0 Å². The van der Waals surface area contributed by atoms with Gasteiger partial charge in [0, 0.05) is 30.3 Å². The lowest BCUT2D eigenvalue weighted by Gasteiger charge is -2.47. The van der Waals surface area contributed by atoms with Gasteiger partial charge in [0.05, 0.1) is 5.60 Å². The van der Waals surface area contributed by atoms with E-state index in [0.717, 1.165) is 31.4 Å². The summed E-state index contributed by atoms with van der Waals surface area (Å²) >= 11 is 5.94. The number of aryl methyl sites for hydroxylation is 1. The van der Waals surface area contributed by atoms with Crippen molar-refractivity contribution in [2.75, 3.05) is 13.1 Å². The maximum absolute atomic E-state index is 12.6. The van der Waals surface area contributed by atoms with E-state index in [1.807, 2.05) is 11.8 Å². The van der Waals surface area contributed by atoms with Gasteiger partial charge in [-0.15, -0.1) is 0 Å². The molecule has 0 radical (unpaired) electrons. The maximum atomic E-state index is 12.6. The van der Waals surface area contributed by atoms with Crippen LogP contribution in [0.1, 0.15) is 48.2 Å². The van der Waals surface area contributed by atoms with E-state index in [2.05, 4.69) is 4.98 Å². The fourth-order valence-corrected chi connectivity index (χ4v) is 3.94. The topological polar surface area (TPSA) is 53.4 Å². The molecule has 5 heteroatoms. The summed E-state index contributed by atoms with van der Waals surface area (Å²) in [6, 6.07) is 3.40. The first-order chi connectivity index (χ1) is 9.98. The molecule has 2 heterocycles. The normalized spacial score (nSPS) is 29.1. The van der Waals surface area contributed by atoms with E-state index >= 15 is 0 Å². The van der Waals surface area contributed by atoms with Gasteiger partial charge in [-0.1, -0.05) is 24.4 Å². The molecule has 2 aliphatic rings. The smallest absolute Gasteiger partial charge is 0.254 e. The van der Waals surface area contributed by atoms with Gasteiger partial charge in [-0.05, 0) is 38.3 Å². The third-order valence-corrected chi connectivity index (χ3v) is 5.08. The number of rotatable bonds is 1. The zero-order valence-electron chi connectivity index (χ0n) is 12.3. The lowest BCUT2D eigenvalue weighted by atomic mass is 9.71. The van der Waals surface area contributed by atoms with Crippen LogP contribution in [-0.4, -0.2) is 39.6 Å². The standard InChI is InChI=1S/C16H21ClN2O2/c1-11-8-12(9-14(17)18-11)15(20)19-7-6-16(21)5-3-2-4-13(16)10-19/h8-9,13,21H,2-7,10H2,1H3. The molecule has 0 bridgehead atoms. The summed E-state index contributed by atoms with van der Waals surface area (Å²) in [6.07, 6.45) is 4.81. The Hall–Kier alpha value is -1.13. The highest BCUT2D eigenvalue weighted by atomic mass is 35.5. The molecular formula is C16H21ClN2O2. The molecule has 0 spiro atoms. The van der Waals surface area contributed by atoms with Gasteiger partial charge in [-0.2, -0.15) is 0 Å². The van der Waals surface area contributed by atoms with Gasteiger partial charge in [0.25, 0.3) is 5.91 Å². The molecule has 0 aromatic carbocycles. The third-order valence-electron chi connectivity index (χ3n) is 4.88. The van der Waals surface area contributed by atoms with Crippen LogP contribution in [0.5, 0.6) is 0 Å². The largest absolute Gasteiger partial charge is 0.389 e. The molecule has 21 heavy (non-hydrogen) atoms. The Morgan fingerprint density at radius 1 is 1.43 bits per heavy atom. The predicted molar refractivity (Wildman–Crippen MR) is 81.4 cm³/mol. The van der Waals surface area contributed by atoms with Crippen molar-refractivity contribution in [3.8, 4) is 0 Å². The highest BCUT2D eigenvalue weighted by Crippen LogP contribution is 2.40. The maximum Gasteiger partial charge on any atom is 0.254 e. The molecule has 2 atom stereocenters. The Morgan fingerprint density at radius 3 is 3.00 bits per heavy atom. The summed E-state index contributed by atoms with van der Waals surface area (Å²) in [7, 11) is 0. The van der Waals surface area contributed by atoms with Crippen molar-refractivity contribution in [2.45, 2.75) is 44.6 Å². The molecule has 1 aromatic heterocycles. The van der Waals surface area contributed by atoms with Crippen LogP contribution < -0.4 is 0 Å². The predicted octanol–water partition coefficient (Wildman–Crippen LogP) is 2.81. The Labute approximate surface area is 130 Å². The monoisotopic (exact) mass is 308 g/mol. The molecule has 1 aliphatic heterocycles. The first kappa shape index (κ1) is 14.8. The van der Waals surface area contributed by atoms with E-state index in [1.54, 1.807) is 12.1 Å². The summed E-state index contributed by atoms with van der Waals surface area (Å²) < 4.78 is 0. The van der Waals surface area contributed by atoms with Gasteiger partial charge in [-0.25, -0.2) is 4.98 Å². The zero-order valence-corrected chi connectivity index (χ0v) is 13.1. The lowest BCUT2D eigenvalue weighted by Crippen LogP contribution is -2.54. The van der Waals surface area contributed by atoms with Crippen molar-refractivity contribution in [1.29, 1.82) is 0 Å². The second-order valence-electron chi connectivity index (χ2n) is 6.37. The average molecular weight is 309 g/mol. The van der Waals surface area contributed by atoms with Crippen molar-refractivity contribution < 1.29 is 9.90 Å². The van der Waals surface area contributed by atoms with Gasteiger partial charge < -0.3 is 10.0 Å². The minimum atomic E-state index is -0.555. The van der Waals surface area contributed by atoms with Crippen molar-refractivity contribution in [1.82, 2.24) is 9.88 Å². The number of carbonyl (C=O) groups excluding carboxylic acids is 1. The van der Waals surface area contributed by atoms with Crippen LogP contribution in [-0.2, 0) is 0 Å². The molecule has 1 N–H and O–H groups in total. The van der Waals surface area contributed by atoms with Crippen LogP contribution in [0.15, 0.2) is 12.1 Å². The quantitative estimate of drug-likeness (QED) is 0.812. The minimum absolute atomic E-state index is 0.00461. The number of halogens is 1. The Balaban J connectivity index is 1.77. The summed E-state index contributed by atoms with van der Waals surface area (Å²) in [4.78, 5) is 18.6. The van der Waals surface area contributed by atoms with Crippen LogP contribution in [0, 0.1) is 12.8 Å². The molecule has 1 aromatic rings. The molecule has 4 nitrogen and oxygen atoms in total. The van der Waals surface area contributed by atoms with Gasteiger partial charge in [0.2, 0.25) is 0 Å². The lowest BCUT2D eigenvalue weighted by molar-refractivity contribution is -0.0886. The SMILES string of the molecule is Cc1cc(C(=O)N2CCC3(O)CCCCC3C2)cc(Cl)n1. The summed E-state index contributed by atoms with van der Waals surface area (Å²) in [5, 5.41) is 11.0. The van der Waals surface area contributed by atoms with Crippen molar-refractivity contribution >= 4 is 17.5 Å².